The molecule has 0 saturated heterocycles. The van der Waals surface area contributed by atoms with Crippen molar-refractivity contribution in [2.45, 2.75) is 32.4 Å². The van der Waals surface area contributed by atoms with Crippen LogP contribution in [0.15, 0.2) is 0 Å². The van der Waals surface area contributed by atoms with Crippen molar-refractivity contribution in [2.24, 2.45) is 5.73 Å². The van der Waals surface area contributed by atoms with E-state index < -0.39 is 8.07 Å². The number of nitrogens with two attached hydrogens (primary N) is 1. The highest BCUT2D eigenvalue weighted by Crippen LogP contribution is 2.07. The second kappa shape index (κ2) is 5.99. The molecule has 1 heterocycles. The summed E-state index contributed by atoms with van der Waals surface area (Å²) in [6.45, 7) is 7.63. The van der Waals surface area contributed by atoms with Crippen LogP contribution in [-0.2, 0) is 11.5 Å². The molecule has 0 fully saturated rings. The summed E-state index contributed by atoms with van der Waals surface area (Å²) in [5.74, 6) is -0.278. The molecule has 1 aromatic heterocycles. The Morgan fingerprint density at radius 1 is 1.47 bits per heavy atom. The fourth-order valence-electron chi connectivity index (χ4n) is 1.03. The molecule has 17 heavy (non-hydrogen) atoms. The number of Topliss-reactive ketones (excluding diaryl/α,β-unsaturated/α-hetero) is 1. The molecule has 0 saturated carbocycles. The monoisotopic (exact) mass is 257 g/mol. The van der Waals surface area contributed by atoms with Gasteiger partial charge in [0, 0.05) is 14.7 Å². The van der Waals surface area contributed by atoms with Crippen molar-refractivity contribution in [1.29, 1.82) is 0 Å². The highest BCUT2D eigenvalue weighted by Gasteiger charge is 2.13. The third-order valence-electron chi connectivity index (χ3n) is 2.09. The molecule has 96 valence electrons. The molecule has 0 aliphatic carbocycles. The van der Waals surface area contributed by atoms with Crippen molar-refractivity contribution < 1.29 is 9.53 Å². The maximum Gasteiger partial charge on any atom is 0.241 e. The first-order valence-electron chi connectivity index (χ1n) is 5.51. The van der Waals surface area contributed by atoms with Gasteiger partial charge in [0.15, 0.2) is 6.73 Å². The second-order valence-electron chi connectivity index (χ2n) is 4.96. The maximum absolute atomic E-state index is 11.1. The van der Waals surface area contributed by atoms with Gasteiger partial charge in [-0.15, -0.1) is 15.0 Å². The van der Waals surface area contributed by atoms with Crippen molar-refractivity contribution in [2.75, 3.05) is 13.2 Å². The van der Waals surface area contributed by atoms with Crippen LogP contribution in [0.3, 0.4) is 0 Å². The van der Waals surface area contributed by atoms with Crippen LogP contribution in [0.25, 0.3) is 0 Å². The molecule has 0 aliphatic heterocycles. The average molecular weight is 257 g/mol. The van der Waals surface area contributed by atoms with E-state index in [2.05, 4.69) is 35.1 Å². The van der Waals surface area contributed by atoms with Gasteiger partial charge >= 0.3 is 0 Å². The normalized spacial score (nSPS) is 11.8. The van der Waals surface area contributed by atoms with E-state index in [1.54, 1.807) is 0 Å². The summed E-state index contributed by atoms with van der Waals surface area (Å²) < 4.78 is 5.41. The van der Waals surface area contributed by atoms with Gasteiger partial charge in [-0.05, 0) is 11.3 Å². The molecule has 0 aliphatic rings. The van der Waals surface area contributed by atoms with E-state index in [1.807, 2.05) is 0 Å². The number of rotatable bonds is 7. The number of aromatic nitrogens is 4. The molecule has 2 N–H and O–H groups in total. The summed E-state index contributed by atoms with van der Waals surface area (Å²) in [6.07, 6.45) is 0. The molecule has 0 radical (unpaired) electrons. The molecule has 0 unspecified atom stereocenters. The topological polar surface area (TPSA) is 95.9 Å². The standard InChI is InChI=1S/C9H19N5O2Si/c1-17(2,3)5-4-16-7-14-12-9(11-13-14)8(15)6-10/h4-7,10H2,1-3H3. The molecular formula is C9H19N5O2Si. The zero-order chi connectivity index (χ0) is 12.9. The lowest BCUT2D eigenvalue weighted by Crippen LogP contribution is -2.22. The van der Waals surface area contributed by atoms with Gasteiger partial charge in [0.25, 0.3) is 0 Å². The van der Waals surface area contributed by atoms with Crippen LogP contribution in [0.1, 0.15) is 10.6 Å². The number of hydrogen-bond acceptors (Lipinski definition) is 6. The van der Waals surface area contributed by atoms with Gasteiger partial charge in [-0.3, -0.25) is 4.79 Å². The Balaban J connectivity index is 2.33. The van der Waals surface area contributed by atoms with Crippen molar-refractivity contribution >= 4 is 13.9 Å². The van der Waals surface area contributed by atoms with E-state index in [0.717, 1.165) is 6.04 Å². The molecule has 1 rings (SSSR count). The summed E-state index contributed by atoms with van der Waals surface area (Å²) in [4.78, 5) is 12.4. The predicted molar refractivity (Wildman–Crippen MR) is 65.3 cm³/mol. The van der Waals surface area contributed by atoms with E-state index in [4.69, 9.17) is 10.5 Å². The first-order chi connectivity index (χ1) is 7.92. The minimum atomic E-state index is -1.08. The van der Waals surface area contributed by atoms with Crippen LogP contribution >= 0.6 is 0 Å². The zero-order valence-electron chi connectivity index (χ0n) is 10.5. The smallest absolute Gasteiger partial charge is 0.241 e. The third-order valence-corrected chi connectivity index (χ3v) is 3.79. The third kappa shape index (κ3) is 5.15. The first kappa shape index (κ1) is 13.9. The van der Waals surface area contributed by atoms with Gasteiger partial charge in [0.2, 0.25) is 11.6 Å². The number of ether oxygens (including phenoxy) is 1. The molecule has 0 atom stereocenters. The van der Waals surface area contributed by atoms with Gasteiger partial charge < -0.3 is 10.5 Å². The minimum Gasteiger partial charge on any atom is -0.358 e. The van der Waals surface area contributed by atoms with Crippen LogP contribution in [0.4, 0.5) is 0 Å². The highest BCUT2D eigenvalue weighted by molar-refractivity contribution is 6.76. The Morgan fingerprint density at radius 3 is 2.76 bits per heavy atom. The van der Waals surface area contributed by atoms with Gasteiger partial charge in [0.05, 0.1) is 6.54 Å². The Bertz CT molecular complexity index is 374. The van der Waals surface area contributed by atoms with Crippen molar-refractivity contribution in [3.8, 4) is 0 Å². The lowest BCUT2D eigenvalue weighted by atomic mass is 10.4. The number of tetrazole rings is 1. The molecule has 7 nitrogen and oxygen atoms in total. The van der Waals surface area contributed by atoms with E-state index in [9.17, 15) is 4.79 Å². The molecule has 0 aromatic carbocycles. The number of ketones is 1. The quantitative estimate of drug-likeness (QED) is 0.423. The summed E-state index contributed by atoms with van der Waals surface area (Å²) in [5.41, 5.74) is 5.19. The zero-order valence-corrected chi connectivity index (χ0v) is 11.5. The number of hydrogen-bond donors (Lipinski definition) is 1. The molecule has 0 amide bonds. The Hall–Kier alpha value is -1.12. The average Bonchev–Trinajstić information content (AvgIpc) is 2.70. The van der Waals surface area contributed by atoms with Crippen molar-refractivity contribution in [3.63, 3.8) is 0 Å². The van der Waals surface area contributed by atoms with Crippen LogP contribution in [0.2, 0.25) is 25.7 Å². The number of nitrogens with zero attached hydrogens (tertiary/aromatic N) is 4. The van der Waals surface area contributed by atoms with Crippen LogP contribution in [-0.4, -0.2) is 47.2 Å². The molecule has 0 spiro atoms. The van der Waals surface area contributed by atoms with E-state index in [1.165, 1.54) is 4.80 Å². The Morgan fingerprint density at radius 2 is 2.18 bits per heavy atom. The summed E-state index contributed by atoms with van der Waals surface area (Å²) in [5, 5.41) is 11.2. The van der Waals surface area contributed by atoms with Gasteiger partial charge in [-0.25, -0.2) is 0 Å². The van der Waals surface area contributed by atoms with Crippen molar-refractivity contribution in [3.05, 3.63) is 5.82 Å². The Labute approximate surface area is 101 Å². The van der Waals surface area contributed by atoms with E-state index in [-0.39, 0.29) is 24.9 Å². The van der Waals surface area contributed by atoms with Gasteiger partial charge in [-0.1, -0.05) is 19.6 Å². The summed E-state index contributed by atoms with van der Waals surface area (Å²) in [7, 11) is -1.08. The fraction of sp³-hybridized carbons (Fsp3) is 0.778. The second-order valence-corrected chi connectivity index (χ2v) is 10.6. The Kier molecular flexibility index (Phi) is 4.91. The predicted octanol–water partition coefficient (Wildman–Crippen LogP) is 0.127. The molecule has 1 aromatic rings. The fourth-order valence-corrected chi connectivity index (χ4v) is 1.78. The van der Waals surface area contributed by atoms with Gasteiger partial charge in [-0.2, -0.15) is 0 Å². The molecule has 8 heteroatoms. The van der Waals surface area contributed by atoms with E-state index >= 15 is 0 Å². The van der Waals surface area contributed by atoms with Crippen LogP contribution < -0.4 is 5.73 Å². The summed E-state index contributed by atoms with van der Waals surface area (Å²) >= 11 is 0. The lowest BCUT2D eigenvalue weighted by Gasteiger charge is -2.14. The molecule has 0 bridgehead atoms. The van der Waals surface area contributed by atoms with Crippen LogP contribution in [0.5, 0.6) is 0 Å². The molecular weight excluding hydrogens is 238 g/mol. The largest absolute Gasteiger partial charge is 0.358 e. The van der Waals surface area contributed by atoms with Crippen molar-refractivity contribution in [1.82, 2.24) is 20.2 Å². The first-order valence-corrected chi connectivity index (χ1v) is 9.22. The number of carbonyl (C=O) groups is 1. The van der Waals surface area contributed by atoms with E-state index in [0.29, 0.717) is 6.61 Å². The maximum atomic E-state index is 11.1. The SMILES string of the molecule is C[Si](C)(C)CCOCn1nnc(C(=O)CN)n1. The summed E-state index contributed by atoms with van der Waals surface area (Å²) in [6, 6.07) is 1.08. The van der Waals surface area contributed by atoms with Gasteiger partial charge in [0.1, 0.15) is 0 Å². The lowest BCUT2D eigenvalue weighted by molar-refractivity contribution is 0.0670. The van der Waals surface area contributed by atoms with Crippen LogP contribution in [0, 0.1) is 0 Å². The highest BCUT2D eigenvalue weighted by atomic mass is 28.3. The minimum absolute atomic E-state index is 0.0429. The number of carbonyl (C=O) groups excluding carboxylic acids is 1.